The predicted molar refractivity (Wildman–Crippen MR) is 213 cm³/mol. The fraction of sp³-hybridized carbons (Fsp3) is 0.390. The molecule has 0 fully saturated rings. The number of fused-ring (bicyclic) bond motifs is 2. The van der Waals surface area contributed by atoms with Crippen LogP contribution in [0.2, 0.25) is 5.04 Å². The van der Waals surface area contributed by atoms with Gasteiger partial charge in [-0.15, -0.1) is 0 Å². The molecule has 0 radical (unpaired) electrons. The quantitative estimate of drug-likeness (QED) is 0.101. The van der Waals surface area contributed by atoms with Gasteiger partial charge in [-0.25, -0.2) is 14.6 Å². The number of ether oxygens (including phenoxy) is 3. The number of esters is 1. The summed E-state index contributed by atoms with van der Waals surface area (Å²) in [5.41, 5.74) is 3.39. The molecule has 0 atom stereocenters. The summed E-state index contributed by atoms with van der Waals surface area (Å²) in [5, 5.41) is 9.92. The van der Waals surface area contributed by atoms with Crippen molar-refractivity contribution in [3.63, 3.8) is 0 Å². The van der Waals surface area contributed by atoms with Crippen LogP contribution in [0.25, 0.3) is 11.0 Å². The van der Waals surface area contributed by atoms with Gasteiger partial charge in [0.1, 0.15) is 11.3 Å². The van der Waals surface area contributed by atoms with E-state index in [2.05, 4.69) is 91.4 Å². The summed E-state index contributed by atoms with van der Waals surface area (Å²) in [5.74, 6) is 1.00. The van der Waals surface area contributed by atoms with Gasteiger partial charge in [0.05, 0.1) is 45.7 Å². The second-order valence-corrected chi connectivity index (χ2v) is 18.7. The number of nitrogens with zero attached hydrogens (tertiary/aromatic N) is 5. The van der Waals surface area contributed by atoms with E-state index in [9.17, 15) is 9.59 Å². The number of hydrogen-bond acceptors (Lipinski definition) is 10. The molecule has 0 spiro atoms. The zero-order chi connectivity index (χ0) is 38.3. The molecule has 2 aromatic heterocycles. The minimum absolute atomic E-state index is 0.112. The predicted octanol–water partition coefficient (Wildman–Crippen LogP) is 6.35. The number of nitrogens with one attached hydrogen (secondary N) is 1. The smallest absolute Gasteiger partial charge is 0.413 e. The monoisotopic (exact) mass is 750 g/mol. The average molecular weight is 751 g/mol. The largest absolute Gasteiger partial charge is 0.493 e. The van der Waals surface area contributed by atoms with Crippen molar-refractivity contribution in [1.82, 2.24) is 19.7 Å². The minimum atomic E-state index is -2.80. The third-order valence-corrected chi connectivity index (χ3v) is 14.9. The van der Waals surface area contributed by atoms with Crippen LogP contribution in [0.4, 0.5) is 16.6 Å². The zero-order valence-electron chi connectivity index (χ0n) is 32.1. The zero-order valence-corrected chi connectivity index (χ0v) is 33.1. The summed E-state index contributed by atoms with van der Waals surface area (Å²) in [4.78, 5) is 36.6. The molecule has 3 heterocycles. The van der Waals surface area contributed by atoms with Gasteiger partial charge in [-0.2, -0.15) is 10.1 Å². The molecule has 0 unspecified atom stereocenters. The normalized spacial score (nSPS) is 12.9. The van der Waals surface area contributed by atoms with Gasteiger partial charge in [0, 0.05) is 24.2 Å². The van der Waals surface area contributed by atoms with Gasteiger partial charge in [-0.05, 0) is 40.7 Å². The lowest BCUT2D eigenvalue weighted by Crippen LogP contribution is -2.67. The molecule has 0 saturated carbocycles. The topological polar surface area (TPSA) is 130 Å². The van der Waals surface area contributed by atoms with Crippen molar-refractivity contribution in [3.8, 4) is 5.75 Å². The molecule has 5 aromatic rings. The van der Waals surface area contributed by atoms with E-state index >= 15 is 0 Å². The summed E-state index contributed by atoms with van der Waals surface area (Å²) in [6.45, 7) is 11.5. The first-order chi connectivity index (χ1) is 26.1. The van der Waals surface area contributed by atoms with Crippen LogP contribution < -0.4 is 25.3 Å². The van der Waals surface area contributed by atoms with E-state index in [1.54, 1.807) is 10.7 Å². The Morgan fingerprint density at radius 1 is 0.944 bits per heavy atom. The lowest BCUT2D eigenvalue weighted by molar-refractivity contribution is 0.0598. The first-order valence-electron chi connectivity index (χ1n) is 18.6. The Morgan fingerprint density at radius 3 is 2.28 bits per heavy atom. The standard InChI is InChI=1S/C41H50N6O6Si/c1-7-8-23-46(24-26-53-54(41(2,3)4,30-16-11-9-12-17-30)31-18-13-10-14-19-31)37-35-34(42-39(43-37)44-40(49)51-6)28-47(45-35)27-29-21-22-33(38(48)50-5)32-20-15-25-52-36(29)32/h9-14,16-19,21-22,28H,7-8,15,20,23-27H2,1-6H3,(H,42,44,49). The van der Waals surface area contributed by atoms with Crippen molar-refractivity contribution in [1.29, 1.82) is 0 Å². The Morgan fingerprint density at radius 2 is 1.65 bits per heavy atom. The molecule has 1 amide bonds. The number of anilines is 2. The lowest BCUT2D eigenvalue weighted by atomic mass is 9.96. The van der Waals surface area contributed by atoms with Crippen LogP contribution >= 0.6 is 0 Å². The Labute approximate surface area is 317 Å². The van der Waals surface area contributed by atoms with E-state index in [0.717, 1.165) is 36.8 Å². The molecule has 284 valence electrons. The molecule has 0 aliphatic carbocycles. The van der Waals surface area contributed by atoms with Crippen LogP contribution in [0.15, 0.2) is 79.0 Å². The molecule has 0 saturated heterocycles. The van der Waals surface area contributed by atoms with Gasteiger partial charge in [-0.1, -0.05) is 101 Å². The summed E-state index contributed by atoms with van der Waals surface area (Å²) in [6, 6.07) is 24.9. The average Bonchev–Trinajstić information content (AvgIpc) is 3.59. The Hall–Kier alpha value is -5.27. The van der Waals surface area contributed by atoms with Gasteiger partial charge in [0.15, 0.2) is 11.3 Å². The third-order valence-electron chi connectivity index (χ3n) is 9.87. The van der Waals surface area contributed by atoms with Gasteiger partial charge in [0.25, 0.3) is 8.32 Å². The van der Waals surface area contributed by atoms with Crippen molar-refractivity contribution in [2.45, 2.75) is 65.0 Å². The second-order valence-electron chi connectivity index (χ2n) is 14.4. The van der Waals surface area contributed by atoms with Gasteiger partial charge in [-0.3, -0.25) is 10.00 Å². The number of methoxy groups -OCH3 is 2. The van der Waals surface area contributed by atoms with E-state index in [1.165, 1.54) is 24.6 Å². The Kier molecular flexibility index (Phi) is 12.0. The molecule has 1 aliphatic heterocycles. The molecular weight excluding hydrogens is 701 g/mol. The molecule has 13 heteroatoms. The maximum absolute atomic E-state index is 12.5. The number of carbonyl (C=O) groups excluding carboxylic acids is 2. The highest BCUT2D eigenvalue weighted by atomic mass is 28.4. The highest BCUT2D eigenvalue weighted by molar-refractivity contribution is 6.99. The van der Waals surface area contributed by atoms with E-state index in [1.807, 2.05) is 24.4 Å². The van der Waals surface area contributed by atoms with Crippen LogP contribution in [0, 0.1) is 0 Å². The number of carbonyl (C=O) groups is 2. The highest BCUT2D eigenvalue weighted by Gasteiger charge is 2.50. The summed E-state index contributed by atoms with van der Waals surface area (Å²) in [7, 11) is -0.112. The van der Waals surface area contributed by atoms with E-state index in [-0.39, 0.29) is 17.0 Å². The number of unbranched alkanes of at least 4 members (excludes halogenated alkanes) is 1. The van der Waals surface area contributed by atoms with Crippen molar-refractivity contribution in [2.75, 3.05) is 50.7 Å². The summed E-state index contributed by atoms with van der Waals surface area (Å²) >= 11 is 0. The fourth-order valence-corrected chi connectivity index (χ4v) is 11.9. The molecular formula is C41H50N6O6Si. The lowest BCUT2D eigenvalue weighted by Gasteiger charge is -2.43. The first-order valence-corrected chi connectivity index (χ1v) is 20.5. The SMILES string of the molecule is CCCCN(CCO[Si](c1ccccc1)(c1ccccc1)C(C)(C)C)c1nc(NC(=O)OC)nc2cn(Cc3ccc(C(=O)OC)c4c3OCCC4)nc12. The van der Waals surface area contributed by atoms with E-state index in [4.69, 9.17) is 28.7 Å². The van der Waals surface area contributed by atoms with Crippen molar-refractivity contribution in [3.05, 3.63) is 95.7 Å². The maximum Gasteiger partial charge on any atom is 0.413 e. The number of rotatable bonds is 14. The third kappa shape index (κ3) is 7.97. The van der Waals surface area contributed by atoms with Crippen LogP contribution in [0.3, 0.4) is 0 Å². The molecule has 1 aliphatic rings. The van der Waals surface area contributed by atoms with Gasteiger partial charge >= 0.3 is 12.1 Å². The van der Waals surface area contributed by atoms with Gasteiger partial charge < -0.3 is 23.5 Å². The van der Waals surface area contributed by atoms with Crippen molar-refractivity contribution >= 4 is 53.6 Å². The van der Waals surface area contributed by atoms with Crippen LogP contribution in [-0.2, 0) is 26.9 Å². The Balaban J connectivity index is 1.38. The molecule has 12 nitrogen and oxygen atoms in total. The summed E-state index contributed by atoms with van der Waals surface area (Å²) in [6.07, 6.45) is 4.57. The molecule has 1 N–H and O–H groups in total. The summed E-state index contributed by atoms with van der Waals surface area (Å²) < 4.78 is 25.1. The number of hydrogen-bond donors (Lipinski definition) is 1. The first kappa shape index (κ1) is 38.5. The highest BCUT2D eigenvalue weighted by Crippen LogP contribution is 2.37. The number of amides is 1. The molecule has 0 bridgehead atoms. The fourth-order valence-electron chi connectivity index (χ4n) is 7.31. The maximum atomic E-state index is 12.5. The van der Waals surface area contributed by atoms with Crippen molar-refractivity contribution < 1.29 is 28.2 Å². The van der Waals surface area contributed by atoms with E-state index < -0.39 is 14.4 Å². The van der Waals surface area contributed by atoms with Crippen LogP contribution in [0.1, 0.15) is 68.4 Å². The second kappa shape index (κ2) is 16.8. The van der Waals surface area contributed by atoms with Crippen LogP contribution in [-0.4, -0.2) is 80.7 Å². The Bertz CT molecular complexity index is 2030. The molecule has 54 heavy (non-hydrogen) atoms. The van der Waals surface area contributed by atoms with Crippen LogP contribution in [0.5, 0.6) is 5.75 Å². The van der Waals surface area contributed by atoms with Crippen molar-refractivity contribution in [2.24, 2.45) is 0 Å². The van der Waals surface area contributed by atoms with Gasteiger partial charge in [0.2, 0.25) is 5.95 Å². The van der Waals surface area contributed by atoms with E-state index in [0.29, 0.717) is 61.0 Å². The minimum Gasteiger partial charge on any atom is -0.493 e. The molecule has 3 aromatic carbocycles. The molecule has 6 rings (SSSR count). The number of benzene rings is 3. The number of aromatic nitrogens is 4.